The Hall–Kier alpha value is -2.25. The largest absolute Gasteiger partial charge is 0.497 e. The molecule has 1 N–H and O–H groups in total. The average Bonchev–Trinajstić information content (AvgIpc) is 2.57. The third-order valence-electron chi connectivity index (χ3n) is 3.09. The number of sulfonamides is 1. The molecule has 0 radical (unpaired) electrons. The van der Waals surface area contributed by atoms with E-state index >= 15 is 0 Å². The summed E-state index contributed by atoms with van der Waals surface area (Å²) in [5.74, 6) is 0.0229. The van der Waals surface area contributed by atoms with E-state index in [2.05, 4.69) is 4.72 Å². The zero-order valence-corrected chi connectivity index (χ0v) is 14.6. The number of rotatable bonds is 6. The minimum atomic E-state index is -3.81. The monoisotopic (exact) mass is 369 g/mol. The molecule has 0 saturated carbocycles. The molecule has 2 aromatic rings. The van der Waals surface area contributed by atoms with Crippen LogP contribution in [-0.2, 0) is 14.8 Å². The number of hydrogen-bond donors (Lipinski definition) is 1. The standard InChI is InChI=1S/C16H16ClNO5S/c1-3-23-16(19)11-4-9-15(14(17)10-11)18-24(20,21)13-7-5-12(22-2)6-8-13/h4-10,18H,3H2,1-2H3. The van der Waals surface area contributed by atoms with Crippen LogP contribution in [0.25, 0.3) is 0 Å². The lowest BCUT2D eigenvalue weighted by Gasteiger charge is -2.11. The van der Waals surface area contributed by atoms with Gasteiger partial charge in [0.1, 0.15) is 5.75 Å². The smallest absolute Gasteiger partial charge is 0.338 e. The molecule has 0 saturated heterocycles. The summed E-state index contributed by atoms with van der Waals surface area (Å²) in [4.78, 5) is 11.7. The molecule has 6 nitrogen and oxygen atoms in total. The zero-order valence-electron chi connectivity index (χ0n) is 13.1. The molecular weight excluding hydrogens is 354 g/mol. The number of benzene rings is 2. The van der Waals surface area contributed by atoms with Gasteiger partial charge in [0.05, 0.1) is 34.9 Å². The number of hydrogen-bond acceptors (Lipinski definition) is 5. The van der Waals surface area contributed by atoms with Gasteiger partial charge in [0.15, 0.2) is 0 Å². The maximum atomic E-state index is 12.4. The Balaban J connectivity index is 2.24. The van der Waals surface area contributed by atoms with Crippen molar-refractivity contribution >= 4 is 33.3 Å². The molecular formula is C16H16ClNO5S. The topological polar surface area (TPSA) is 81.7 Å². The number of carbonyl (C=O) groups is 1. The van der Waals surface area contributed by atoms with Gasteiger partial charge in [0.2, 0.25) is 0 Å². The molecule has 0 atom stereocenters. The molecule has 0 aromatic heterocycles. The van der Waals surface area contributed by atoms with Crippen molar-refractivity contribution in [2.75, 3.05) is 18.4 Å². The zero-order chi connectivity index (χ0) is 17.7. The van der Waals surface area contributed by atoms with Crippen LogP contribution in [0.3, 0.4) is 0 Å². The summed E-state index contributed by atoms with van der Waals surface area (Å²) in [5.41, 5.74) is 0.412. The van der Waals surface area contributed by atoms with Gasteiger partial charge in [-0.2, -0.15) is 0 Å². The third kappa shape index (κ3) is 4.18. The van der Waals surface area contributed by atoms with Crippen LogP contribution in [0.5, 0.6) is 5.75 Å². The lowest BCUT2D eigenvalue weighted by molar-refractivity contribution is 0.0526. The highest BCUT2D eigenvalue weighted by molar-refractivity contribution is 7.92. The first-order chi connectivity index (χ1) is 11.4. The van der Waals surface area contributed by atoms with Crippen LogP contribution in [0.2, 0.25) is 5.02 Å². The van der Waals surface area contributed by atoms with Crippen LogP contribution >= 0.6 is 11.6 Å². The van der Waals surface area contributed by atoms with E-state index in [-0.39, 0.29) is 27.8 Å². The van der Waals surface area contributed by atoms with E-state index < -0.39 is 16.0 Å². The molecule has 0 aliphatic rings. The van der Waals surface area contributed by atoms with Crippen LogP contribution in [0, 0.1) is 0 Å². The highest BCUT2D eigenvalue weighted by Crippen LogP contribution is 2.26. The van der Waals surface area contributed by atoms with E-state index in [1.54, 1.807) is 19.1 Å². The lowest BCUT2D eigenvalue weighted by atomic mass is 10.2. The minimum Gasteiger partial charge on any atom is -0.497 e. The SMILES string of the molecule is CCOC(=O)c1ccc(NS(=O)(=O)c2ccc(OC)cc2)c(Cl)c1. The average molecular weight is 370 g/mol. The second-order valence-corrected chi connectivity index (χ2v) is 6.79. The summed E-state index contributed by atoms with van der Waals surface area (Å²) >= 11 is 6.06. The van der Waals surface area contributed by atoms with Crippen molar-refractivity contribution in [2.24, 2.45) is 0 Å². The molecule has 0 aliphatic carbocycles. The van der Waals surface area contributed by atoms with E-state index in [0.717, 1.165) is 0 Å². The Morgan fingerprint density at radius 2 is 1.83 bits per heavy atom. The third-order valence-corrected chi connectivity index (χ3v) is 4.79. The molecule has 2 rings (SSSR count). The fourth-order valence-corrected chi connectivity index (χ4v) is 3.26. The summed E-state index contributed by atoms with van der Waals surface area (Å²) < 4.78 is 37.0. The fraction of sp³-hybridized carbons (Fsp3) is 0.188. The molecule has 0 bridgehead atoms. The Bertz CT molecular complexity index is 834. The van der Waals surface area contributed by atoms with Crippen molar-refractivity contribution in [2.45, 2.75) is 11.8 Å². The highest BCUT2D eigenvalue weighted by atomic mass is 35.5. The van der Waals surface area contributed by atoms with Crippen molar-refractivity contribution in [3.8, 4) is 5.75 Å². The van der Waals surface area contributed by atoms with E-state index in [9.17, 15) is 13.2 Å². The van der Waals surface area contributed by atoms with Gasteiger partial charge in [-0.15, -0.1) is 0 Å². The molecule has 0 amide bonds. The van der Waals surface area contributed by atoms with Crippen molar-refractivity contribution in [3.05, 3.63) is 53.1 Å². The number of anilines is 1. The number of carbonyl (C=O) groups excluding carboxylic acids is 1. The number of esters is 1. The molecule has 128 valence electrons. The Kier molecular flexibility index (Phi) is 5.69. The molecule has 0 fully saturated rings. The Morgan fingerprint density at radius 3 is 2.38 bits per heavy atom. The van der Waals surface area contributed by atoms with Crippen molar-refractivity contribution in [1.82, 2.24) is 0 Å². The van der Waals surface area contributed by atoms with Gasteiger partial charge in [0.25, 0.3) is 10.0 Å². The van der Waals surface area contributed by atoms with Crippen molar-refractivity contribution in [3.63, 3.8) is 0 Å². The van der Waals surface area contributed by atoms with E-state index in [1.807, 2.05) is 0 Å². The van der Waals surface area contributed by atoms with Gasteiger partial charge < -0.3 is 9.47 Å². The summed E-state index contributed by atoms with van der Waals surface area (Å²) in [6, 6.07) is 10.1. The molecule has 0 heterocycles. The van der Waals surface area contributed by atoms with Crippen LogP contribution in [0.15, 0.2) is 47.4 Å². The lowest BCUT2D eigenvalue weighted by Crippen LogP contribution is -2.13. The number of methoxy groups -OCH3 is 1. The minimum absolute atomic E-state index is 0.0637. The second-order valence-electron chi connectivity index (χ2n) is 4.70. The van der Waals surface area contributed by atoms with Gasteiger partial charge in [-0.25, -0.2) is 13.2 Å². The van der Waals surface area contributed by atoms with Gasteiger partial charge in [0, 0.05) is 0 Å². The quantitative estimate of drug-likeness (QED) is 0.790. The first kappa shape index (κ1) is 18.1. The second kappa shape index (κ2) is 7.55. The first-order valence-electron chi connectivity index (χ1n) is 7.01. The Labute approximate surface area is 145 Å². The maximum Gasteiger partial charge on any atom is 0.338 e. The molecule has 0 aliphatic heterocycles. The summed E-state index contributed by atoms with van der Waals surface area (Å²) in [6.07, 6.45) is 0. The number of halogens is 1. The van der Waals surface area contributed by atoms with Crippen LogP contribution in [0.1, 0.15) is 17.3 Å². The summed E-state index contributed by atoms with van der Waals surface area (Å²) in [5, 5.41) is 0.0950. The van der Waals surface area contributed by atoms with Gasteiger partial charge >= 0.3 is 5.97 Å². The summed E-state index contributed by atoms with van der Waals surface area (Å²) in [7, 11) is -2.32. The Morgan fingerprint density at radius 1 is 1.17 bits per heavy atom. The van der Waals surface area contributed by atoms with E-state index in [1.165, 1.54) is 37.4 Å². The van der Waals surface area contributed by atoms with Gasteiger partial charge in [-0.05, 0) is 49.4 Å². The normalized spacial score (nSPS) is 11.0. The molecule has 0 unspecified atom stereocenters. The van der Waals surface area contributed by atoms with Crippen molar-refractivity contribution < 1.29 is 22.7 Å². The van der Waals surface area contributed by atoms with Crippen LogP contribution < -0.4 is 9.46 Å². The molecule has 24 heavy (non-hydrogen) atoms. The first-order valence-corrected chi connectivity index (χ1v) is 8.87. The van der Waals surface area contributed by atoms with Gasteiger partial charge in [-0.3, -0.25) is 4.72 Å². The maximum absolute atomic E-state index is 12.4. The predicted octanol–water partition coefficient (Wildman–Crippen LogP) is 3.33. The fourth-order valence-electron chi connectivity index (χ4n) is 1.90. The number of ether oxygens (including phenoxy) is 2. The highest BCUT2D eigenvalue weighted by Gasteiger charge is 2.17. The predicted molar refractivity (Wildman–Crippen MR) is 91.2 cm³/mol. The van der Waals surface area contributed by atoms with E-state index in [0.29, 0.717) is 5.75 Å². The number of nitrogens with one attached hydrogen (secondary N) is 1. The molecule has 8 heteroatoms. The summed E-state index contributed by atoms with van der Waals surface area (Å²) in [6.45, 7) is 1.93. The van der Waals surface area contributed by atoms with Gasteiger partial charge in [-0.1, -0.05) is 11.6 Å². The molecule has 2 aromatic carbocycles. The van der Waals surface area contributed by atoms with Crippen LogP contribution in [0.4, 0.5) is 5.69 Å². The van der Waals surface area contributed by atoms with Crippen LogP contribution in [-0.4, -0.2) is 28.1 Å². The molecule has 0 spiro atoms. The van der Waals surface area contributed by atoms with Crippen molar-refractivity contribution in [1.29, 1.82) is 0 Å². The van der Waals surface area contributed by atoms with E-state index in [4.69, 9.17) is 21.1 Å².